The smallest absolute Gasteiger partial charge is 0.329 e. The molecule has 0 saturated carbocycles. The van der Waals surface area contributed by atoms with Crippen LogP contribution in [0.25, 0.3) is 0 Å². The van der Waals surface area contributed by atoms with Gasteiger partial charge in [0.05, 0.1) is 0 Å². The van der Waals surface area contributed by atoms with Crippen molar-refractivity contribution in [3.63, 3.8) is 0 Å². The molecule has 1 unspecified atom stereocenters. The summed E-state index contributed by atoms with van der Waals surface area (Å²) in [4.78, 5) is 14.8. The summed E-state index contributed by atoms with van der Waals surface area (Å²) in [6.45, 7) is 0.152. The van der Waals surface area contributed by atoms with Crippen LogP contribution in [0.2, 0.25) is 0 Å². The maximum absolute atomic E-state index is 11.9. The first-order valence-corrected chi connectivity index (χ1v) is 5.55. The van der Waals surface area contributed by atoms with E-state index in [0.29, 0.717) is 6.54 Å². The minimum Gasteiger partial charge on any atom is -0.329 e. The topological polar surface area (TPSA) is 35.6 Å². The quantitative estimate of drug-likeness (QED) is 0.822. The summed E-state index contributed by atoms with van der Waals surface area (Å²) in [5.74, 6) is 0. The predicted octanol–water partition coefficient (Wildman–Crippen LogP) is 1.28. The highest BCUT2D eigenvalue weighted by Crippen LogP contribution is 2.16. The minimum atomic E-state index is -4.36. The Morgan fingerprint density at radius 3 is 2.65 bits per heavy atom. The summed E-state index contributed by atoms with van der Waals surface area (Å²) >= 11 is 0. The summed E-state index contributed by atoms with van der Waals surface area (Å²) in [5, 5.41) is 1.85. The Balaban J connectivity index is 2.31. The van der Waals surface area contributed by atoms with Crippen LogP contribution >= 0.6 is 0 Å². The molecule has 2 amide bonds. The number of likely N-dealkylation sites (N-methyl/N-ethyl adjacent to an activating group) is 2. The van der Waals surface area contributed by atoms with Crippen LogP contribution in [0, 0.1) is 0 Å². The van der Waals surface area contributed by atoms with Crippen LogP contribution in [0.15, 0.2) is 0 Å². The van der Waals surface area contributed by atoms with Crippen molar-refractivity contribution in [1.29, 1.82) is 0 Å². The van der Waals surface area contributed by atoms with Crippen molar-refractivity contribution in [2.75, 3.05) is 33.7 Å². The molecule has 4 nitrogen and oxygen atoms in total. The van der Waals surface area contributed by atoms with Crippen LogP contribution in [0.1, 0.15) is 12.8 Å². The number of urea groups is 1. The molecule has 17 heavy (non-hydrogen) atoms. The van der Waals surface area contributed by atoms with Gasteiger partial charge in [-0.2, -0.15) is 13.2 Å². The lowest BCUT2D eigenvalue weighted by molar-refractivity contribution is -0.123. The minimum absolute atomic E-state index is 0.247. The van der Waals surface area contributed by atoms with Gasteiger partial charge in [-0.15, -0.1) is 0 Å². The van der Waals surface area contributed by atoms with Gasteiger partial charge < -0.3 is 15.1 Å². The Morgan fingerprint density at radius 2 is 2.18 bits per heavy atom. The van der Waals surface area contributed by atoms with E-state index in [2.05, 4.69) is 4.90 Å². The highest BCUT2D eigenvalue weighted by atomic mass is 19.4. The van der Waals surface area contributed by atoms with E-state index in [1.54, 1.807) is 0 Å². The Kier molecular flexibility index (Phi) is 4.62. The van der Waals surface area contributed by atoms with Crippen LogP contribution in [-0.4, -0.2) is 61.8 Å². The number of likely N-dealkylation sites (tertiary alicyclic amines) is 1. The van der Waals surface area contributed by atoms with E-state index in [4.69, 9.17) is 0 Å². The Labute approximate surface area is 98.7 Å². The van der Waals surface area contributed by atoms with Gasteiger partial charge in [-0.05, 0) is 26.4 Å². The normalized spacial score (nSPS) is 21.6. The number of hydrogen-bond acceptors (Lipinski definition) is 2. The number of halogens is 3. The summed E-state index contributed by atoms with van der Waals surface area (Å²) in [6, 6.07) is -0.431. The van der Waals surface area contributed by atoms with Gasteiger partial charge in [0, 0.05) is 19.6 Å². The second-order valence-electron chi connectivity index (χ2n) is 4.43. The van der Waals surface area contributed by atoms with Gasteiger partial charge in [-0.3, -0.25) is 0 Å². The third-order valence-corrected chi connectivity index (χ3v) is 2.94. The maximum Gasteiger partial charge on any atom is 0.405 e. The second kappa shape index (κ2) is 5.57. The van der Waals surface area contributed by atoms with E-state index >= 15 is 0 Å². The van der Waals surface area contributed by atoms with Crippen molar-refractivity contribution >= 4 is 6.03 Å². The van der Waals surface area contributed by atoms with Crippen molar-refractivity contribution in [3.8, 4) is 0 Å². The molecule has 1 aliphatic heterocycles. The van der Waals surface area contributed by atoms with Gasteiger partial charge in [0.1, 0.15) is 6.54 Å². The molecule has 0 bridgehead atoms. The lowest BCUT2D eigenvalue weighted by Gasteiger charge is -2.26. The molecule has 1 saturated heterocycles. The fourth-order valence-corrected chi connectivity index (χ4v) is 1.92. The molecule has 0 aromatic carbocycles. The maximum atomic E-state index is 11.9. The molecule has 1 aliphatic rings. The van der Waals surface area contributed by atoms with E-state index in [9.17, 15) is 18.0 Å². The number of nitrogens with one attached hydrogen (secondary N) is 1. The van der Waals surface area contributed by atoms with E-state index < -0.39 is 18.8 Å². The van der Waals surface area contributed by atoms with Gasteiger partial charge in [0.2, 0.25) is 0 Å². The third kappa shape index (κ3) is 4.80. The highest BCUT2D eigenvalue weighted by Gasteiger charge is 2.29. The second-order valence-corrected chi connectivity index (χ2v) is 4.43. The van der Waals surface area contributed by atoms with Gasteiger partial charge in [-0.25, -0.2) is 4.79 Å². The Morgan fingerprint density at radius 1 is 1.53 bits per heavy atom. The van der Waals surface area contributed by atoms with Crippen LogP contribution < -0.4 is 5.32 Å². The van der Waals surface area contributed by atoms with Gasteiger partial charge in [-0.1, -0.05) is 0 Å². The third-order valence-electron chi connectivity index (χ3n) is 2.94. The van der Waals surface area contributed by atoms with E-state index in [0.717, 1.165) is 19.4 Å². The van der Waals surface area contributed by atoms with Gasteiger partial charge >= 0.3 is 12.2 Å². The summed E-state index contributed by atoms with van der Waals surface area (Å²) in [6.07, 6.45) is -2.31. The van der Waals surface area contributed by atoms with Gasteiger partial charge in [0.25, 0.3) is 0 Å². The molecule has 0 aromatic heterocycles. The van der Waals surface area contributed by atoms with Crippen molar-refractivity contribution < 1.29 is 18.0 Å². The standard InChI is InChI=1S/C10H18F3N3O/c1-15-5-3-4-8(15)6-16(2)9(17)14-7-10(11,12)13/h8H,3-7H2,1-2H3,(H,14,17). The lowest BCUT2D eigenvalue weighted by Crippen LogP contribution is -2.46. The van der Waals surface area contributed by atoms with Gasteiger partial charge in [0.15, 0.2) is 0 Å². The van der Waals surface area contributed by atoms with E-state index in [-0.39, 0.29) is 6.04 Å². The van der Waals surface area contributed by atoms with Crippen molar-refractivity contribution in [2.45, 2.75) is 25.1 Å². The zero-order valence-electron chi connectivity index (χ0n) is 10.0. The van der Waals surface area contributed by atoms with E-state index in [1.807, 2.05) is 12.4 Å². The van der Waals surface area contributed by atoms with Crippen LogP contribution in [0.4, 0.5) is 18.0 Å². The number of hydrogen-bond donors (Lipinski definition) is 1. The fraction of sp³-hybridized carbons (Fsp3) is 0.900. The average molecular weight is 253 g/mol. The molecule has 0 aliphatic carbocycles. The van der Waals surface area contributed by atoms with Crippen LogP contribution in [0.3, 0.4) is 0 Å². The zero-order chi connectivity index (χ0) is 13.1. The first-order valence-electron chi connectivity index (χ1n) is 5.55. The molecule has 0 aromatic rings. The zero-order valence-corrected chi connectivity index (χ0v) is 10.0. The number of alkyl halides is 3. The number of carbonyl (C=O) groups excluding carboxylic acids is 1. The number of rotatable bonds is 3. The number of nitrogens with zero attached hydrogens (tertiary/aromatic N) is 2. The SMILES string of the molecule is CN(CC1CCCN1C)C(=O)NCC(F)(F)F. The average Bonchev–Trinajstić information content (AvgIpc) is 2.59. The Bertz CT molecular complexity index is 270. The van der Waals surface area contributed by atoms with Crippen molar-refractivity contribution in [2.24, 2.45) is 0 Å². The Hall–Kier alpha value is -0.980. The molecular weight excluding hydrogens is 235 g/mol. The van der Waals surface area contributed by atoms with Crippen molar-refractivity contribution in [3.05, 3.63) is 0 Å². The first-order chi connectivity index (χ1) is 7.79. The molecule has 1 fully saturated rings. The molecule has 7 heteroatoms. The highest BCUT2D eigenvalue weighted by molar-refractivity contribution is 5.73. The number of amides is 2. The number of carbonyl (C=O) groups is 1. The molecule has 100 valence electrons. The fourth-order valence-electron chi connectivity index (χ4n) is 1.92. The molecule has 0 spiro atoms. The molecule has 1 heterocycles. The summed E-state index contributed by atoms with van der Waals surface area (Å²) < 4.78 is 35.7. The van der Waals surface area contributed by atoms with Crippen LogP contribution in [-0.2, 0) is 0 Å². The lowest BCUT2D eigenvalue weighted by atomic mass is 10.2. The van der Waals surface area contributed by atoms with Crippen molar-refractivity contribution in [1.82, 2.24) is 15.1 Å². The monoisotopic (exact) mass is 253 g/mol. The first kappa shape index (κ1) is 14.1. The van der Waals surface area contributed by atoms with Crippen LogP contribution in [0.5, 0.6) is 0 Å². The molecule has 1 atom stereocenters. The largest absolute Gasteiger partial charge is 0.405 e. The molecular formula is C10H18F3N3O. The molecule has 1 rings (SSSR count). The molecule has 1 N–H and O–H groups in total. The molecule has 0 radical (unpaired) electrons. The summed E-state index contributed by atoms with van der Waals surface area (Å²) in [7, 11) is 3.47. The summed E-state index contributed by atoms with van der Waals surface area (Å²) in [5.41, 5.74) is 0. The predicted molar refractivity (Wildman–Crippen MR) is 57.7 cm³/mol. The van der Waals surface area contributed by atoms with E-state index in [1.165, 1.54) is 11.9 Å².